The molecule has 0 radical (unpaired) electrons. The monoisotopic (exact) mass is 572 g/mol. The number of benzene rings is 2. The van der Waals surface area contributed by atoms with Gasteiger partial charge in [0.05, 0.1) is 35.0 Å². The number of fused-ring (bicyclic) bond motifs is 2. The van der Waals surface area contributed by atoms with E-state index in [1.165, 1.54) is 18.9 Å². The fraction of sp³-hybridized carbons (Fsp3) is 0.206. The number of hydrogen-bond acceptors (Lipinski definition) is 6. The molecular formula is C34H33FN8. The van der Waals surface area contributed by atoms with Crippen LogP contribution in [0.3, 0.4) is 0 Å². The predicted molar refractivity (Wildman–Crippen MR) is 172 cm³/mol. The van der Waals surface area contributed by atoms with Gasteiger partial charge in [-0.05, 0) is 86.4 Å². The smallest absolute Gasteiger partial charge is 0.125 e. The van der Waals surface area contributed by atoms with Crippen molar-refractivity contribution in [2.24, 2.45) is 5.92 Å². The number of hydrogen-bond donors (Lipinski definition) is 4. The zero-order valence-corrected chi connectivity index (χ0v) is 24.2. The molecule has 8 nitrogen and oxygen atoms in total. The summed E-state index contributed by atoms with van der Waals surface area (Å²) in [4.78, 5) is 14.7. The molecule has 1 saturated carbocycles. The molecule has 4 N–H and O–H groups in total. The van der Waals surface area contributed by atoms with Crippen molar-refractivity contribution in [3.05, 3.63) is 91.3 Å². The van der Waals surface area contributed by atoms with Crippen LogP contribution in [0.25, 0.3) is 55.6 Å². The number of aromatic amines is 2. The Bertz CT molecular complexity index is 1970. The summed E-state index contributed by atoms with van der Waals surface area (Å²) in [5, 5.41) is 16.4. The summed E-state index contributed by atoms with van der Waals surface area (Å²) < 4.78 is 14.7. The molecule has 4 heterocycles. The van der Waals surface area contributed by atoms with E-state index < -0.39 is 0 Å². The highest BCUT2D eigenvalue weighted by Crippen LogP contribution is 2.37. The molecular weight excluding hydrogens is 539 g/mol. The van der Waals surface area contributed by atoms with Crippen LogP contribution in [0.5, 0.6) is 0 Å². The minimum atomic E-state index is -0.276. The van der Waals surface area contributed by atoms with E-state index in [2.05, 4.69) is 53.3 Å². The lowest BCUT2D eigenvalue weighted by Crippen LogP contribution is -2.20. The third-order valence-electron chi connectivity index (χ3n) is 7.87. The Morgan fingerprint density at radius 2 is 1.84 bits per heavy atom. The summed E-state index contributed by atoms with van der Waals surface area (Å²) in [6.07, 6.45) is 7.80. The first-order chi connectivity index (χ1) is 20.9. The van der Waals surface area contributed by atoms with Gasteiger partial charge in [0.1, 0.15) is 11.5 Å². The molecule has 0 saturated heterocycles. The Morgan fingerprint density at radius 1 is 0.977 bits per heavy atom. The van der Waals surface area contributed by atoms with Crippen molar-refractivity contribution in [3.63, 3.8) is 0 Å². The first-order valence-electron chi connectivity index (χ1n) is 14.5. The Hall–Kier alpha value is -5.02. The van der Waals surface area contributed by atoms with E-state index in [1.54, 1.807) is 12.3 Å². The van der Waals surface area contributed by atoms with Gasteiger partial charge >= 0.3 is 0 Å². The van der Waals surface area contributed by atoms with E-state index in [-0.39, 0.29) is 5.82 Å². The first-order valence-corrected chi connectivity index (χ1v) is 14.5. The normalized spacial score (nSPS) is 13.2. The minimum Gasteiger partial charge on any atom is -0.384 e. The van der Waals surface area contributed by atoms with Crippen LogP contribution in [0.4, 0.5) is 15.8 Å². The van der Waals surface area contributed by atoms with Gasteiger partial charge in [-0.15, -0.1) is 0 Å². The van der Waals surface area contributed by atoms with Crippen molar-refractivity contribution >= 4 is 33.2 Å². The van der Waals surface area contributed by atoms with Gasteiger partial charge in [0.15, 0.2) is 0 Å². The number of allylic oxidation sites excluding steroid dienone is 1. The van der Waals surface area contributed by atoms with E-state index >= 15 is 0 Å². The lowest BCUT2D eigenvalue weighted by atomic mass is 10.0. The summed E-state index contributed by atoms with van der Waals surface area (Å²) in [5.41, 5.74) is 9.59. The second-order valence-corrected chi connectivity index (χ2v) is 11.5. The number of nitrogens with one attached hydrogen (secondary N) is 4. The summed E-state index contributed by atoms with van der Waals surface area (Å²) in [5.74, 6) is 0.276. The third-order valence-corrected chi connectivity index (χ3v) is 7.87. The largest absolute Gasteiger partial charge is 0.384 e. The summed E-state index contributed by atoms with van der Waals surface area (Å²) >= 11 is 0. The molecule has 0 amide bonds. The number of H-pyrrole nitrogens is 2. The molecule has 9 heteroatoms. The average molecular weight is 573 g/mol. The van der Waals surface area contributed by atoms with Crippen LogP contribution in [-0.2, 0) is 0 Å². The molecule has 0 unspecified atom stereocenters. The van der Waals surface area contributed by atoms with Crippen molar-refractivity contribution in [2.45, 2.75) is 12.8 Å². The molecule has 43 heavy (non-hydrogen) atoms. The fourth-order valence-corrected chi connectivity index (χ4v) is 5.45. The lowest BCUT2D eigenvalue weighted by molar-refractivity contribution is 0.425. The van der Waals surface area contributed by atoms with E-state index in [9.17, 15) is 4.39 Å². The number of anilines is 2. The van der Waals surface area contributed by atoms with Gasteiger partial charge in [-0.3, -0.25) is 15.1 Å². The van der Waals surface area contributed by atoms with Crippen molar-refractivity contribution < 1.29 is 4.39 Å². The Morgan fingerprint density at radius 3 is 2.67 bits per heavy atom. The van der Waals surface area contributed by atoms with E-state index in [0.29, 0.717) is 5.92 Å². The van der Waals surface area contributed by atoms with Crippen molar-refractivity contribution in [2.75, 3.05) is 37.8 Å². The standard InChI is InChI=1S/C34H33FN8/c1-20(21-7-8-21)39-26-13-23(17-36-18-26)31-16-29-33(19-38-31)41-42-34(29)32-15-28-27(5-4-6-30(28)40-32)22-11-24(35)14-25(12-22)37-9-10-43(2)3/h4-6,11-19,21,37,39-40H,1,7-10H2,2-3H3,(H,41,42). The van der Waals surface area contributed by atoms with E-state index in [1.807, 2.05) is 62.9 Å². The van der Waals surface area contributed by atoms with E-state index in [4.69, 9.17) is 0 Å². The fourth-order valence-electron chi connectivity index (χ4n) is 5.45. The number of likely N-dealkylation sites (N-methyl/N-ethyl adjacent to an activating group) is 1. The summed E-state index contributed by atoms with van der Waals surface area (Å²) in [6, 6.07) is 17.3. The molecule has 4 aromatic heterocycles. The molecule has 0 aliphatic heterocycles. The zero-order chi connectivity index (χ0) is 29.5. The molecule has 1 aliphatic rings. The Labute approximate surface area is 249 Å². The second-order valence-electron chi connectivity index (χ2n) is 11.5. The molecule has 0 spiro atoms. The topological polar surface area (TPSA) is 97.5 Å². The highest BCUT2D eigenvalue weighted by molar-refractivity contribution is 6.01. The van der Waals surface area contributed by atoms with Gasteiger partial charge in [0.2, 0.25) is 0 Å². The van der Waals surface area contributed by atoms with Gasteiger partial charge in [0.25, 0.3) is 0 Å². The zero-order valence-electron chi connectivity index (χ0n) is 24.2. The maximum atomic E-state index is 14.7. The van der Waals surface area contributed by atoms with Crippen LogP contribution in [0.1, 0.15) is 12.8 Å². The molecule has 6 aromatic rings. The van der Waals surface area contributed by atoms with Gasteiger partial charge in [-0.25, -0.2) is 4.39 Å². The second kappa shape index (κ2) is 11.0. The van der Waals surface area contributed by atoms with Gasteiger partial charge < -0.3 is 20.5 Å². The molecule has 216 valence electrons. The van der Waals surface area contributed by atoms with E-state index in [0.717, 1.165) is 85.7 Å². The van der Waals surface area contributed by atoms with Crippen molar-refractivity contribution in [3.8, 4) is 33.8 Å². The van der Waals surface area contributed by atoms with Crippen LogP contribution < -0.4 is 10.6 Å². The quantitative estimate of drug-likeness (QED) is 0.138. The maximum absolute atomic E-state index is 14.7. The Balaban J connectivity index is 1.23. The molecule has 0 bridgehead atoms. The van der Waals surface area contributed by atoms with Gasteiger partial charge in [-0.2, -0.15) is 5.10 Å². The molecule has 7 rings (SSSR count). The number of rotatable bonds is 10. The summed E-state index contributed by atoms with van der Waals surface area (Å²) in [6.45, 7) is 5.75. The van der Waals surface area contributed by atoms with Crippen LogP contribution >= 0.6 is 0 Å². The highest BCUT2D eigenvalue weighted by Gasteiger charge is 2.24. The number of aromatic nitrogens is 5. The van der Waals surface area contributed by atoms with Crippen LogP contribution in [-0.4, -0.2) is 57.2 Å². The minimum absolute atomic E-state index is 0.276. The highest BCUT2D eigenvalue weighted by atomic mass is 19.1. The number of nitrogens with zero attached hydrogens (tertiary/aromatic N) is 4. The summed E-state index contributed by atoms with van der Waals surface area (Å²) in [7, 11) is 4.03. The Kier molecular flexibility index (Phi) is 6.87. The number of halogens is 1. The van der Waals surface area contributed by atoms with Crippen molar-refractivity contribution in [1.29, 1.82) is 0 Å². The van der Waals surface area contributed by atoms with Crippen molar-refractivity contribution in [1.82, 2.24) is 30.0 Å². The number of pyridine rings is 2. The molecule has 0 atom stereocenters. The third kappa shape index (κ3) is 5.59. The van der Waals surface area contributed by atoms with Gasteiger partial charge in [0, 0.05) is 52.5 Å². The first kappa shape index (κ1) is 26.9. The molecule has 2 aromatic carbocycles. The molecule has 1 aliphatic carbocycles. The average Bonchev–Trinajstić information content (AvgIpc) is 3.62. The predicted octanol–water partition coefficient (Wildman–Crippen LogP) is 7.28. The van der Waals surface area contributed by atoms with Crippen LogP contribution in [0, 0.1) is 11.7 Å². The SMILES string of the molecule is C=C(Nc1cncc(-c2cc3c(-c4cc5c(-c6cc(F)cc(NCCN(C)C)c6)cccc5[nH]4)n[nH]c3cn2)c1)C1CC1. The van der Waals surface area contributed by atoms with Gasteiger partial charge in [-0.1, -0.05) is 18.7 Å². The lowest BCUT2D eigenvalue weighted by Gasteiger charge is -2.13. The van der Waals surface area contributed by atoms with Crippen LogP contribution in [0.15, 0.2) is 85.5 Å². The van der Waals surface area contributed by atoms with Crippen LogP contribution in [0.2, 0.25) is 0 Å². The maximum Gasteiger partial charge on any atom is 0.125 e. The molecule has 1 fully saturated rings.